The third-order valence-electron chi connectivity index (χ3n) is 4.61. The highest BCUT2D eigenvalue weighted by molar-refractivity contribution is 5.98. The Bertz CT molecular complexity index is 1270. The van der Waals surface area contributed by atoms with Gasteiger partial charge in [0.15, 0.2) is 5.65 Å². The molecule has 5 rings (SSSR count). The molecule has 0 aliphatic carbocycles. The summed E-state index contributed by atoms with van der Waals surface area (Å²) in [4.78, 5) is 24.9. The van der Waals surface area contributed by atoms with Crippen molar-refractivity contribution < 1.29 is 9.53 Å². The van der Waals surface area contributed by atoms with Crippen LogP contribution in [0.15, 0.2) is 47.8 Å². The lowest BCUT2D eigenvalue weighted by atomic mass is 10.1. The van der Waals surface area contributed by atoms with Crippen molar-refractivity contribution in [2.75, 3.05) is 13.2 Å². The van der Waals surface area contributed by atoms with E-state index in [-0.39, 0.29) is 0 Å². The molecule has 0 radical (unpaired) electrons. The van der Waals surface area contributed by atoms with E-state index < -0.39 is 6.09 Å². The van der Waals surface area contributed by atoms with Gasteiger partial charge in [-0.2, -0.15) is 10.1 Å². The number of carbonyl (C=O) groups is 1. The minimum Gasteiger partial charge on any atom is -0.446 e. The van der Waals surface area contributed by atoms with Gasteiger partial charge < -0.3 is 4.74 Å². The number of amides is 1. The number of cyclic esters (lactones) is 1. The predicted molar refractivity (Wildman–Crippen MR) is 104 cm³/mol. The molecule has 0 saturated carbocycles. The summed E-state index contributed by atoms with van der Waals surface area (Å²) in [7, 11) is 0. The Morgan fingerprint density at radius 2 is 2.21 bits per heavy atom. The minimum absolute atomic E-state index is 0.332. The van der Waals surface area contributed by atoms with E-state index in [4.69, 9.17) is 4.74 Å². The number of hydrogen-bond acceptors (Lipinski definition) is 8. The first-order valence-corrected chi connectivity index (χ1v) is 9.07. The number of pyridine rings is 1. The molecule has 1 saturated heterocycles. The van der Waals surface area contributed by atoms with E-state index in [1.807, 2.05) is 24.3 Å². The van der Waals surface area contributed by atoms with E-state index >= 15 is 0 Å². The fraction of sp³-hybridized carbons (Fsp3) is 0.211. The Balaban J connectivity index is 1.47. The Hall–Kier alpha value is -3.95. The van der Waals surface area contributed by atoms with Gasteiger partial charge in [0.1, 0.15) is 12.3 Å². The normalized spacial score (nSPS) is 14.7. The Morgan fingerprint density at radius 1 is 1.28 bits per heavy atom. The van der Waals surface area contributed by atoms with Crippen molar-refractivity contribution in [3.63, 3.8) is 0 Å². The SMILES string of the molecule is C/C(=N\N1CCOC1=O)c1cnc2nnn(Cc3ccc4ncccc4c3)c2n1. The second-order valence-corrected chi connectivity index (χ2v) is 6.60. The monoisotopic (exact) mass is 388 g/mol. The van der Waals surface area contributed by atoms with Gasteiger partial charge in [0.25, 0.3) is 0 Å². The molecule has 1 aromatic carbocycles. The van der Waals surface area contributed by atoms with E-state index in [0.29, 0.717) is 42.4 Å². The quantitative estimate of drug-likeness (QED) is 0.492. The maximum Gasteiger partial charge on any atom is 0.430 e. The summed E-state index contributed by atoms with van der Waals surface area (Å²) in [6.07, 6.45) is 2.88. The van der Waals surface area contributed by atoms with Crippen molar-refractivity contribution in [2.24, 2.45) is 5.10 Å². The van der Waals surface area contributed by atoms with Crippen LogP contribution in [0.5, 0.6) is 0 Å². The molecule has 0 bridgehead atoms. The topological polar surface area (TPSA) is 111 Å². The van der Waals surface area contributed by atoms with Gasteiger partial charge in [0, 0.05) is 11.6 Å². The van der Waals surface area contributed by atoms with E-state index in [1.54, 1.807) is 24.0 Å². The van der Waals surface area contributed by atoms with Crippen LogP contribution in [0, 0.1) is 0 Å². The van der Waals surface area contributed by atoms with Crippen molar-refractivity contribution in [1.29, 1.82) is 0 Å². The molecule has 3 aromatic heterocycles. The van der Waals surface area contributed by atoms with Crippen LogP contribution in [0.25, 0.3) is 22.2 Å². The fourth-order valence-electron chi connectivity index (χ4n) is 3.14. The third-order valence-corrected chi connectivity index (χ3v) is 4.61. The van der Waals surface area contributed by atoms with Crippen LogP contribution < -0.4 is 0 Å². The fourth-order valence-corrected chi connectivity index (χ4v) is 3.14. The average Bonchev–Trinajstić information content (AvgIpc) is 3.33. The summed E-state index contributed by atoms with van der Waals surface area (Å²) >= 11 is 0. The average molecular weight is 388 g/mol. The van der Waals surface area contributed by atoms with Crippen molar-refractivity contribution in [1.82, 2.24) is 35.0 Å². The van der Waals surface area contributed by atoms with Gasteiger partial charge in [-0.1, -0.05) is 17.3 Å². The minimum atomic E-state index is -0.462. The highest BCUT2D eigenvalue weighted by Crippen LogP contribution is 2.16. The van der Waals surface area contributed by atoms with Crippen LogP contribution >= 0.6 is 0 Å². The summed E-state index contributed by atoms with van der Waals surface area (Å²) in [5, 5.41) is 14.9. The van der Waals surface area contributed by atoms with Crippen LogP contribution in [0.2, 0.25) is 0 Å². The molecule has 4 aromatic rings. The van der Waals surface area contributed by atoms with Gasteiger partial charge in [-0.15, -0.1) is 5.10 Å². The van der Waals surface area contributed by atoms with Crippen LogP contribution in [0.4, 0.5) is 4.79 Å². The lowest BCUT2D eigenvalue weighted by molar-refractivity contribution is 0.159. The van der Waals surface area contributed by atoms with E-state index in [9.17, 15) is 4.79 Å². The van der Waals surface area contributed by atoms with Gasteiger partial charge in [0.05, 0.1) is 30.5 Å². The number of aromatic nitrogens is 6. The smallest absolute Gasteiger partial charge is 0.430 e. The lowest BCUT2D eigenvalue weighted by Crippen LogP contribution is -2.20. The molecule has 0 spiro atoms. The van der Waals surface area contributed by atoms with Gasteiger partial charge in [-0.05, 0) is 30.7 Å². The maximum atomic E-state index is 11.6. The summed E-state index contributed by atoms with van der Waals surface area (Å²) in [6.45, 7) is 3.01. The molecule has 1 aliphatic heterocycles. The first kappa shape index (κ1) is 17.2. The molecule has 1 amide bonds. The van der Waals surface area contributed by atoms with Crippen LogP contribution in [-0.4, -0.2) is 59.9 Å². The summed E-state index contributed by atoms with van der Waals surface area (Å²) in [6, 6.07) is 9.98. The van der Waals surface area contributed by atoms with Gasteiger partial charge in [-0.3, -0.25) is 4.98 Å². The van der Waals surface area contributed by atoms with Gasteiger partial charge in [0.2, 0.25) is 5.65 Å². The first-order chi connectivity index (χ1) is 14.2. The summed E-state index contributed by atoms with van der Waals surface area (Å²) in [5.74, 6) is 0. The first-order valence-electron chi connectivity index (χ1n) is 9.07. The van der Waals surface area contributed by atoms with Gasteiger partial charge >= 0.3 is 6.09 Å². The number of fused-ring (bicyclic) bond motifs is 2. The van der Waals surface area contributed by atoms with Crippen LogP contribution in [0.3, 0.4) is 0 Å². The molecule has 1 fully saturated rings. The number of hydrogen-bond donors (Lipinski definition) is 0. The number of hydrazone groups is 1. The Morgan fingerprint density at radius 3 is 3.07 bits per heavy atom. The molecule has 144 valence electrons. The highest BCUT2D eigenvalue weighted by atomic mass is 16.6. The second-order valence-electron chi connectivity index (χ2n) is 6.60. The number of ether oxygens (including phenoxy) is 1. The zero-order valence-electron chi connectivity index (χ0n) is 15.6. The van der Waals surface area contributed by atoms with Crippen LogP contribution in [-0.2, 0) is 11.3 Å². The largest absolute Gasteiger partial charge is 0.446 e. The number of benzene rings is 1. The maximum absolute atomic E-state index is 11.6. The molecule has 4 heterocycles. The zero-order valence-corrected chi connectivity index (χ0v) is 15.6. The van der Waals surface area contributed by atoms with Gasteiger partial charge in [-0.25, -0.2) is 19.4 Å². The van der Waals surface area contributed by atoms with Crippen LogP contribution in [0.1, 0.15) is 18.2 Å². The standard InChI is InChI=1S/C19H16N8O2/c1-12(24-26-7-8-29-19(26)28)16-10-21-17-18(22-16)27(25-23-17)11-13-4-5-15-14(9-13)3-2-6-20-15/h2-6,9-10H,7-8,11H2,1H3/b24-12+. The molecule has 29 heavy (non-hydrogen) atoms. The van der Waals surface area contributed by atoms with E-state index in [0.717, 1.165) is 16.5 Å². The molecule has 0 N–H and O–H groups in total. The Labute approximate surface area is 164 Å². The molecular weight excluding hydrogens is 372 g/mol. The Kier molecular flexibility index (Phi) is 4.08. The third kappa shape index (κ3) is 3.24. The number of rotatable bonds is 4. The summed E-state index contributed by atoms with van der Waals surface area (Å²) < 4.78 is 6.59. The predicted octanol–water partition coefficient (Wildman–Crippen LogP) is 1.99. The molecule has 10 heteroatoms. The van der Waals surface area contributed by atoms with Crippen molar-refractivity contribution in [2.45, 2.75) is 13.5 Å². The molecule has 0 atom stereocenters. The van der Waals surface area contributed by atoms with Crippen molar-refractivity contribution in [3.8, 4) is 0 Å². The molecular formula is C19H16N8O2. The lowest BCUT2D eigenvalue weighted by Gasteiger charge is -2.07. The summed E-state index contributed by atoms with van der Waals surface area (Å²) in [5.41, 5.74) is 4.09. The van der Waals surface area contributed by atoms with Crippen molar-refractivity contribution >= 4 is 34.0 Å². The van der Waals surface area contributed by atoms with E-state index in [1.165, 1.54) is 5.01 Å². The zero-order chi connectivity index (χ0) is 19.8. The molecule has 1 aliphatic rings. The van der Waals surface area contributed by atoms with Crippen molar-refractivity contribution in [3.05, 3.63) is 54.0 Å². The number of nitrogens with zero attached hydrogens (tertiary/aromatic N) is 8. The van der Waals surface area contributed by atoms with E-state index in [2.05, 4.69) is 36.4 Å². The number of carbonyl (C=O) groups excluding carboxylic acids is 1. The molecule has 10 nitrogen and oxygen atoms in total. The second kappa shape index (κ2) is 6.89. The highest BCUT2D eigenvalue weighted by Gasteiger charge is 2.22. The molecule has 0 unspecified atom stereocenters.